The van der Waals surface area contributed by atoms with Crippen LogP contribution in [0.1, 0.15) is 35.1 Å². The van der Waals surface area contributed by atoms with Crippen LogP contribution in [-0.4, -0.2) is 35.0 Å². The zero-order valence-electron chi connectivity index (χ0n) is 19.6. The Kier molecular flexibility index (Phi) is 6.61. The van der Waals surface area contributed by atoms with Crippen molar-refractivity contribution in [3.63, 3.8) is 0 Å². The fourth-order valence-corrected chi connectivity index (χ4v) is 4.68. The van der Waals surface area contributed by atoms with E-state index in [1.165, 1.54) is 27.8 Å². The van der Waals surface area contributed by atoms with Crippen LogP contribution >= 0.6 is 11.6 Å². The third-order valence-corrected chi connectivity index (χ3v) is 6.94. The van der Waals surface area contributed by atoms with Gasteiger partial charge in [-0.05, 0) is 73.0 Å². The minimum atomic E-state index is 0.266. The van der Waals surface area contributed by atoms with Crippen LogP contribution in [0.4, 0.5) is 11.6 Å². The van der Waals surface area contributed by atoms with Crippen molar-refractivity contribution in [3.05, 3.63) is 106 Å². The molecule has 1 N–H and O–H groups in total. The van der Waals surface area contributed by atoms with E-state index < -0.39 is 0 Å². The van der Waals surface area contributed by atoms with E-state index in [0.717, 1.165) is 42.3 Å². The Balaban J connectivity index is 1.38. The van der Waals surface area contributed by atoms with Crippen molar-refractivity contribution in [1.82, 2.24) is 14.9 Å². The molecule has 1 aromatic heterocycles. The van der Waals surface area contributed by atoms with Crippen molar-refractivity contribution in [2.75, 3.05) is 25.5 Å². The van der Waals surface area contributed by atoms with Gasteiger partial charge in [-0.3, -0.25) is 0 Å². The molecule has 0 radical (unpaired) electrons. The van der Waals surface area contributed by atoms with Crippen LogP contribution in [0.2, 0.25) is 5.02 Å². The number of nitrogens with one attached hydrogen (secondary N) is 1. The lowest BCUT2D eigenvalue weighted by molar-refractivity contribution is 0.357. The van der Waals surface area contributed by atoms with Gasteiger partial charge in [0.15, 0.2) is 0 Å². The Labute approximate surface area is 206 Å². The normalized spacial score (nSPS) is 14.5. The molecule has 1 heterocycles. The third-order valence-electron chi connectivity index (χ3n) is 6.68. The van der Waals surface area contributed by atoms with Gasteiger partial charge in [0.05, 0.1) is 5.69 Å². The molecule has 0 aliphatic heterocycles. The largest absolute Gasteiger partial charge is 0.324 e. The third kappa shape index (κ3) is 4.84. The lowest BCUT2D eigenvalue weighted by atomic mass is 9.78. The molecule has 0 fully saturated rings. The molecule has 3 aromatic carbocycles. The van der Waals surface area contributed by atoms with E-state index in [2.05, 4.69) is 89.8 Å². The highest BCUT2D eigenvalue weighted by atomic mass is 35.5. The number of hydrogen-bond acceptors (Lipinski definition) is 4. The number of halogens is 1. The van der Waals surface area contributed by atoms with Crippen LogP contribution in [0, 0.1) is 0 Å². The van der Waals surface area contributed by atoms with Crippen LogP contribution < -0.4 is 5.32 Å². The molecule has 0 bridgehead atoms. The van der Waals surface area contributed by atoms with E-state index in [1.807, 2.05) is 18.3 Å². The van der Waals surface area contributed by atoms with Crippen molar-refractivity contribution in [1.29, 1.82) is 0 Å². The molecular weight excluding hydrogens is 440 g/mol. The summed E-state index contributed by atoms with van der Waals surface area (Å²) in [6.07, 6.45) is 3.89. The summed E-state index contributed by atoms with van der Waals surface area (Å²) in [7, 11) is 2.15. The zero-order valence-corrected chi connectivity index (χ0v) is 20.4. The number of fused-ring (bicyclic) bond motifs is 3. The molecule has 1 atom stereocenters. The molecule has 0 amide bonds. The predicted octanol–water partition coefficient (Wildman–Crippen LogP) is 6.72. The number of aromatic nitrogens is 2. The molecular formula is C29H29ClN4. The van der Waals surface area contributed by atoms with E-state index in [9.17, 15) is 0 Å². The smallest absolute Gasteiger partial charge is 0.227 e. The summed E-state index contributed by atoms with van der Waals surface area (Å²) in [6, 6.07) is 25.3. The molecule has 0 saturated heterocycles. The van der Waals surface area contributed by atoms with Gasteiger partial charge in [-0.15, -0.1) is 0 Å². The number of rotatable bonds is 7. The Morgan fingerprint density at radius 3 is 2.53 bits per heavy atom. The minimum Gasteiger partial charge on any atom is -0.324 e. The molecule has 34 heavy (non-hydrogen) atoms. The first-order valence-corrected chi connectivity index (χ1v) is 12.2. The summed E-state index contributed by atoms with van der Waals surface area (Å²) in [4.78, 5) is 11.9. The first kappa shape index (κ1) is 22.6. The highest BCUT2D eigenvalue weighted by molar-refractivity contribution is 6.30. The van der Waals surface area contributed by atoms with Gasteiger partial charge < -0.3 is 10.2 Å². The van der Waals surface area contributed by atoms with Gasteiger partial charge in [-0.1, -0.05) is 67.1 Å². The van der Waals surface area contributed by atoms with Crippen molar-refractivity contribution in [2.45, 2.75) is 25.7 Å². The zero-order chi connectivity index (χ0) is 23.5. The predicted molar refractivity (Wildman–Crippen MR) is 141 cm³/mol. The quantitative estimate of drug-likeness (QED) is 0.326. The average Bonchev–Trinajstić information content (AvgIpc) is 2.88. The van der Waals surface area contributed by atoms with Crippen molar-refractivity contribution < 1.29 is 0 Å². The number of benzene rings is 3. The first-order valence-electron chi connectivity index (χ1n) is 11.9. The van der Waals surface area contributed by atoms with Gasteiger partial charge in [0.25, 0.3) is 0 Å². The Hall–Kier alpha value is -3.21. The minimum absolute atomic E-state index is 0.266. The van der Waals surface area contributed by atoms with Gasteiger partial charge >= 0.3 is 0 Å². The molecule has 4 aromatic rings. The summed E-state index contributed by atoms with van der Waals surface area (Å²) >= 11 is 6.13. The molecule has 5 heteroatoms. The van der Waals surface area contributed by atoms with Gasteiger partial charge in [0.1, 0.15) is 0 Å². The molecule has 172 valence electrons. The SMILES string of the molecule is CCN(C)CCc1ccc(Nc2ncc3c(n2)-c2ccccc2C(c2ccc(Cl)cc2)C3)cc1. The lowest BCUT2D eigenvalue weighted by Crippen LogP contribution is -2.20. The van der Waals surface area contributed by atoms with Crippen LogP contribution in [0.15, 0.2) is 79.0 Å². The summed E-state index contributed by atoms with van der Waals surface area (Å²) < 4.78 is 0. The highest BCUT2D eigenvalue weighted by Gasteiger charge is 2.27. The molecule has 1 aliphatic rings. The van der Waals surface area contributed by atoms with Crippen LogP contribution in [-0.2, 0) is 12.8 Å². The van der Waals surface area contributed by atoms with Crippen LogP contribution in [0.5, 0.6) is 0 Å². The molecule has 5 rings (SSSR count). The fraction of sp³-hybridized carbons (Fsp3) is 0.241. The second-order valence-electron chi connectivity index (χ2n) is 8.93. The van der Waals surface area contributed by atoms with Gasteiger partial charge in [0, 0.05) is 34.9 Å². The molecule has 0 saturated carbocycles. The maximum Gasteiger partial charge on any atom is 0.227 e. The number of hydrogen-bond donors (Lipinski definition) is 1. The van der Waals surface area contributed by atoms with E-state index >= 15 is 0 Å². The Bertz CT molecular complexity index is 1270. The summed E-state index contributed by atoms with van der Waals surface area (Å²) in [5, 5.41) is 4.15. The van der Waals surface area contributed by atoms with Gasteiger partial charge in [-0.2, -0.15) is 0 Å². The Morgan fingerprint density at radius 2 is 1.76 bits per heavy atom. The fourth-order valence-electron chi connectivity index (χ4n) is 4.55. The summed E-state index contributed by atoms with van der Waals surface area (Å²) in [6.45, 7) is 4.31. The van der Waals surface area contributed by atoms with E-state index in [1.54, 1.807) is 0 Å². The number of nitrogens with zero attached hydrogens (tertiary/aromatic N) is 3. The van der Waals surface area contributed by atoms with Crippen LogP contribution in [0.25, 0.3) is 11.3 Å². The Morgan fingerprint density at radius 1 is 1.00 bits per heavy atom. The second kappa shape index (κ2) is 9.96. The lowest BCUT2D eigenvalue weighted by Gasteiger charge is -2.27. The monoisotopic (exact) mass is 468 g/mol. The summed E-state index contributed by atoms with van der Waals surface area (Å²) in [5.74, 6) is 0.889. The van der Waals surface area contributed by atoms with Gasteiger partial charge in [0.2, 0.25) is 5.95 Å². The van der Waals surface area contributed by atoms with Crippen molar-refractivity contribution in [2.24, 2.45) is 0 Å². The number of likely N-dealkylation sites (N-methyl/N-ethyl adjacent to an activating group) is 1. The van der Waals surface area contributed by atoms with Crippen molar-refractivity contribution in [3.8, 4) is 11.3 Å². The average molecular weight is 469 g/mol. The maximum absolute atomic E-state index is 6.13. The topological polar surface area (TPSA) is 41.0 Å². The number of anilines is 2. The van der Waals surface area contributed by atoms with Crippen LogP contribution in [0.3, 0.4) is 0 Å². The van der Waals surface area contributed by atoms with E-state index in [0.29, 0.717) is 5.95 Å². The van der Waals surface area contributed by atoms with E-state index in [4.69, 9.17) is 16.6 Å². The van der Waals surface area contributed by atoms with Gasteiger partial charge in [-0.25, -0.2) is 9.97 Å². The molecule has 1 unspecified atom stereocenters. The second-order valence-corrected chi connectivity index (χ2v) is 9.37. The molecule has 0 spiro atoms. The van der Waals surface area contributed by atoms with E-state index in [-0.39, 0.29) is 5.92 Å². The highest BCUT2D eigenvalue weighted by Crippen LogP contribution is 2.42. The molecule has 4 nitrogen and oxygen atoms in total. The first-order chi connectivity index (χ1) is 16.6. The molecule has 1 aliphatic carbocycles. The maximum atomic E-state index is 6.13. The van der Waals surface area contributed by atoms with Crippen molar-refractivity contribution >= 4 is 23.2 Å². The summed E-state index contributed by atoms with van der Waals surface area (Å²) in [5.41, 5.74) is 8.23. The standard InChI is InChI=1S/C29H29ClN4/c1-3-34(2)17-16-20-8-14-24(15-9-20)32-29-31-19-22-18-27(21-10-12-23(30)13-11-21)25-6-4-5-7-26(25)28(22)33-29/h4-15,19,27H,3,16-18H2,1-2H3,(H,31,32,33).